The van der Waals surface area contributed by atoms with Gasteiger partial charge in [0, 0.05) is 18.2 Å². The summed E-state index contributed by atoms with van der Waals surface area (Å²) in [5.41, 5.74) is 0.110. The first-order chi connectivity index (χ1) is 13.7. The number of rotatable bonds is 8. The van der Waals surface area contributed by atoms with Crippen LogP contribution in [-0.4, -0.2) is 26.2 Å². The van der Waals surface area contributed by atoms with Gasteiger partial charge in [0.05, 0.1) is 12.7 Å². The molecule has 0 radical (unpaired) electrons. The molecule has 0 aromatic heterocycles. The van der Waals surface area contributed by atoms with Crippen LogP contribution < -0.4 is 14.8 Å². The molecule has 0 aliphatic heterocycles. The number of para-hydroxylation sites is 1. The number of nitrogens with one attached hydrogen (secondary N) is 1. The van der Waals surface area contributed by atoms with Crippen molar-refractivity contribution in [2.75, 3.05) is 13.7 Å². The van der Waals surface area contributed by atoms with Crippen LogP contribution in [-0.2, 0) is 17.4 Å². The first-order valence-corrected chi connectivity index (χ1v) is 8.44. The second-order valence-electron chi connectivity index (χ2n) is 5.83. The Labute approximate surface area is 163 Å². The van der Waals surface area contributed by atoms with Crippen LogP contribution in [0.5, 0.6) is 11.5 Å². The van der Waals surface area contributed by atoms with E-state index in [2.05, 4.69) is 10.1 Å². The lowest BCUT2D eigenvalue weighted by molar-refractivity contribution is -0.137. The van der Waals surface area contributed by atoms with E-state index in [-0.39, 0.29) is 23.6 Å². The van der Waals surface area contributed by atoms with Gasteiger partial charge in [0.1, 0.15) is 0 Å². The fourth-order valence-corrected chi connectivity index (χ4v) is 2.45. The number of amides is 1. The van der Waals surface area contributed by atoms with Gasteiger partial charge in [-0.25, -0.2) is 0 Å². The van der Waals surface area contributed by atoms with Crippen molar-refractivity contribution < 1.29 is 36.2 Å². The quantitative estimate of drug-likeness (QED) is 0.503. The number of ether oxygens (including phenoxy) is 2. The van der Waals surface area contributed by atoms with Crippen LogP contribution in [0.1, 0.15) is 16.7 Å². The molecule has 0 bridgehead atoms. The highest BCUT2D eigenvalue weighted by Crippen LogP contribution is 2.33. The molecule has 0 atom stereocenters. The molecular weight excluding hydrogens is 397 g/mol. The summed E-state index contributed by atoms with van der Waals surface area (Å²) in [7, 11) is 1.30. The Bertz CT molecular complexity index is 848. The maximum atomic E-state index is 12.6. The van der Waals surface area contributed by atoms with E-state index in [4.69, 9.17) is 4.74 Å². The molecule has 0 fully saturated rings. The summed E-state index contributed by atoms with van der Waals surface area (Å²) in [5, 5.41) is 2.57. The van der Waals surface area contributed by atoms with Gasteiger partial charge in [-0.1, -0.05) is 24.3 Å². The predicted molar refractivity (Wildman–Crippen MR) is 96.8 cm³/mol. The van der Waals surface area contributed by atoms with Gasteiger partial charge in [0.2, 0.25) is 5.91 Å². The molecule has 0 heterocycles. The molecule has 29 heavy (non-hydrogen) atoms. The van der Waals surface area contributed by atoms with E-state index in [0.29, 0.717) is 12.0 Å². The second-order valence-corrected chi connectivity index (χ2v) is 5.83. The zero-order valence-electron chi connectivity index (χ0n) is 15.3. The van der Waals surface area contributed by atoms with Crippen molar-refractivity contribution in [2.24, 2.45) is 0 Å². The third-order valence-electron chi connectivity index (χ3n) is 3.84. The minimum atomic E-state index is -4.40. The monoisotopic (exact) mass is 415 g/mol. The van der Waals surface area contributed by atoms with Crippen molar-refractivity contribution in [3.05, 3.63) is 65.2 Å². The summed E-state index contributed by atoms with van der Waals surface area (Å²) in [5.74, 6) is -0.600. The smallest absolute Gasteiger partial charge is 0.416 e. The van der Waals surface area contributed by atoms with Crippen molar-refractivity contribution in [3.63, 3.8) is 0 Å². The first-order valence-electron chi connectivity index (χ1n) is 8.44. The molecule has 1 amide bonds. The van der Waals surface area contributed by atoms with Crippen LogP contribution >= 0.6 is 0 Å². The lowest BCUT2D eigenvalue weighted by Crippen LogP contribution is -2.23. The minimum Gasteiger partial charge on any atom is -0.493 e. The molecule has 0 unspecified atom stereocenters. The fraction of sp³-hybridized carbons (Fsp3) is 0.250. The normalized spacial score (nSPS) is 11.7. The highest BCUT2D eigenvalue weighted by atomic mass is 19.4. The number of hydrogen-bond acceptors (Lipinski definition) is 3. The van der Waals surface area contributed by atoms with Crippen LogP contribution in [0.3, 0.4) is 0 Å². The minimum absolute atomic E-state index is 0.0927. The molecule has 2 rings (SSSR count). The van der Waals surface area contributed by atoms with E-state index in [1.54, 1.807) is 6.07 Å². The maximum absolute atomic E-state index is 12.6. The largest absolute Gasteiger partial charge is 0.493 e. The topological polar surface area (TPSA) is 47.6 Å². The molecule has 0 spiro atoms. The summed E-state index contributed by atoms with van der Waals surface area (Å²) in [6.07, 6.45) is -1.63. The van der Waals surface area contributed by atoms with Crippen molar-refractivity contribution in [1.29, 1.82) is 0 Å². The Morgan fingerprint density at radius 1 is 1.14 bits per heavy atom. The lowest BCUT2D eigenvalue weighted by Gasteiger charge is -2.12. The molecule has 4 nitrogen and oxygen atoms in total. The van der Waals surface area contributed by atoms with Gasteiger partial charge in [-0.15, -0.1) is 0 Å². The van der Waals surface area contributed by atoms with Gasteiger partial charge in [-0.05, 0) is 36.3 Å². The first kappa shape index (κ1) is 22.2. The van der Waals surface area contributed by atoms with Gasteiger partial charge in [0.15, 0.2) is 11.5 Å². The number of hydrogen-bond donors (Lipinski definition) is 1. The van der Waals surface area contributed by atoms with Crippen LogP contribution in [0, 0.1) is 0 Å². The number of methoxy groups -OCH3 is 1. The van der Waals surface area contributed by atoms with Crippen LogP contribution in [0.4, 0.5) is 22.0 Å². The summed E-state index contributed by atoms with van der Waals surface area (Å²) in [4.78, 5) is 11.9. The summed E-state index contributed by atoms with van der Waals surface area (Å²) in [6.45, 7) is -2.87. The second kappa shape index (κ2) is 9.90. The Balaban J connectivity index is 1.93. The Hall–Kier alpha value is -3.10. The van der Waals surface area contributed by atoms with E-state index in [1.165, 1.54) is 37.5 Å². The van der Waals surface area contributed by atoms with Crippen molar-refractivity contribution >= 4 is 12.0 Å². The number of carbonyl (C=O) groups excluding carboxylic acids is 1. The Morgan fingerprint density at radius 2 is 1.83 bits per heavy atom. The molecule has 1 N–H and O–H groups in total. The average Bonchev–Trinajstić information content (AvgIpc) is 2.66. The third kappa shape index (κ3) is 6.78. The number of benzene rings is 2. The fourth-order valence-electron chi connectivity index (χ4n) is 2.45. The molecule has 9 heteroatoms. The summed E-state index contributed by atoms with van der Waals surface area (Å²) < 4.78 is 72.2. The molecule has 0 aliphatic rings. The van der Waals surface area contributed by atoms with E-state index >= 15 is 0 Å². The Morgan fingerprint density at radius 3 is 2.41 bits per heavy atom. The van der Waals surface area contributed by atoms with Crippen molar-refractivity contribution in [3.8, 4) is 11.5 Å². The van der Waals surface area contributed by atoms with E-state index < -0.39 is 24.3 Å². The number of halogens is 5. The lowest BCUT2D eigenvalue weighted by atomic mass is 10.1. The Kier molecular flexibility index (Phi) is 7.58. The number of carbonyl (C=O) groups is 1. The van der Waals surface area contributed by atoms with E-state index in [1.807, 2.05) is 0 Å². The number of alkyl halides is 5. The highest BCUT2D eigenvalue weighted by molar-refractivity contribution is 5.92. The zero-order chi connectivity index (χ0) is 21.4. The predicted octanol–water partition coefficient (Wildman–Crippen LogP) is 4.69. The van der Waals surface area contributed by atoms with Crippen LogP contribution in [0.25, 0.3) is 6.08 Å². The maximum Gasteiger partial charge on any atom is 0.416 e. The van der Waals surface area contributed by atoms with Gasteiger partial charge in [0.25, 0.3) is 0 Å². The third-order valence-corrected chi connectivity index (χ3v) is 3.84. The average molecular weight is 415 g/mol. The van der Waals surface area contributed by atoms with Gasteiger partial charge in [-0.3, -0.25) is 4.79 Å². The van der Waals surface area contributed by atoms with E-state index in [9.17, 15) is 26.7 Å². The highest BCUT2D eigenvalue weighted by Gasteiger charge is 2.29. The zero-order valence-corrected chi connectivity index (χ0v) is 15.3. The van der Waals surface area contributed by atoms with Gasteiger partial charge in [-0.2, -0.15) is 22.0 Å². The summed E-state index contributed by atoms with van der Waals surface area (Å²) >= 11 is 0. The van der Waals surface area contributed by atoms with Crippen molar-refractivity contribution in [2.45, 2.75) is 19.2 Å². The van der Waals surface area contributed by atoms with Crippen LogP contribution in [0.2, 0.25) is 0 Å². The van der Waals surface area contributed by atoms with Crippen molar-refractivity contribution in [1.82, 2.24) is 5.32 Å². The van der Waals surface area contributed by atoms with Gasteiger partial charge < -0.3 is 14.8 Å². The SMILES string of the molecule is COc1cccc(/C=C/C(=O)NCCc2ccc(C(F)(F)F)cc2)c1OC(F)F. The molecule has 2 aromatic rings. The van der Waals surface area contributed by atoms with Gasteiger partial charge >= 0.3 is 12.8 Å². The summed E-state index contributed by atoms with van der Waals surface area (Å²) in [6, 6.07) is 9.11. The molecule has 0 aliphatic carbocycles. The molecular formula is C20H18F5NO3. The molecule has 2 aromatic carbocycles. The van der Waals surface area contributed by atoms with Crippen LogP contribution in [0.15, 0.2) is 48.5 Å². The standard InChI is InChI=1S/C20H18F5NO3/c1-28-16-4-2-3-14(18(16)29-19(21)22)7-10-17(27)26-12-11-13-5-8-15(9-6-13)20(23,24)25/h2-10,19H,11-12H2,1H3,(H,26,27)/b10-7+. The molecule has 0 saturated heterocycles. The molecule has 0 saturated carbocycles. The molecule has 156 valence electrons. The van der Waals surface area contributed by atoms with E-state index in [0.717, 1.165) is 18.2 Å².